The van der Waals surface area contributed by atoms with Crippen molar-refractivity contribution in [3.8, 4) is 11.1 Å². The van der Waals surface area contributed by atoms with Crippen LogP contribution in [0.1, 0.15) is 66.0 Å². The summed E-state index contributed by atoms with van der Waals surface area (Å²) in [5, 5.41) is 10.4. The molecule has 2 atom stereocenters. The molecule has 0 N–H and O–H groups in total. The minimum Gasteiger partial charge on any atom is -0.252 e. The van der Waals surface area contributed by atoms with Crippen molar-refractivity contribution >= 4 is 80.8 Å². The first-order valence-electron chi connectivity index (χ1n) is 22.1. The predicted octanol–water partition coefficient (Wildman–Crippen LogP) is 16.6. The first kappa shape index (κ1) is 36.9. The number of nitrogens with zero attached hydrogens (tertiary/aromatic N) is 1. The van der Waals surface area contributed by atoms with Gasteiger partial charge >= 0.3 is 0 Å². The monoisotopic (exact) mass is 811 g/mol. The molecule has 1 aliphatic carbocycles. The Hall–Kier alpha value is -6.87. The van der Waals surface area contributed by atoms with E-state index in [1.165, 1.54) is 108 Å². The van der Waals surface area contributed by atoms with E-state index in [0.717, 1.165) is 30.7 Å². The highest BCUT2D eigenvalue weighted by molar-refractivity contribution is 7.26. The third-order valence-electron chi connectivity index (χ3n) is 13.8. The quantitative estimate of drug-likeness (QED) is 0.168. The summed E-state index contributed by atoms with van der Waals surface area (Å²) in [6, 6.07) is 67.9. The number of allylic oxidation sites excluding steroid dienone is 3. The number of benzene rings is 9. The van der Waals surface area contributed by atoms with E-state index >= 15 is 0 Å². The molecule has 0 fully saturated rings. The van der Waals surface area contributed by atoms with Crippen molar-refractivity contribution in [2.24, 2.45) is 10.9 Å². The molecule has 12 rings (SSSR count). The second-order valence-corrected chi connectivity index (χ2v) is 18.4. The van der Waals surface area contributed by atoms with E-state index in [0.29, 0.717) is 0 Å². The van der Waals surface area contributed by atoms with Crippen LogP contribution >= 0.6 is 11.3 Å². The lowest BCUT2D eigenvalue weighted by atomic mass is 9.81. The molecule has 2 heterocycles. The van der Waals surface area contributed by atoms with E-state index in [-0.39, 0.29) is 11.8 Å². The number of rotatable bonds is 4. The van der Waals surface area contributed by atoms with Gasteiger partial charge in [-0.05, 0) is 115 Å². The minimum absolute atomic E-state index is 0.193. The highest BCUT2D eigenvalue weighted by Gasteiger charge is 2.30. The highest BCUT2D eigenvalue weighted by atomic mass is 32.1. The van der Waals surface area contributed by atoms with Gasteiger partial charge in [0.25, 0.3) is 0 Å². The fourth-order valence-corrected chi connectivity index (χ4v) is 12.0. The van der Waals surface area contributed by atoms with Crippen molar-refractivity contribution in [3.63, 3.8) is 0 Å². The van der Waals surface area contributed by atoms with Gasteiger partial charge in [0.1, 0.15) is 0 Å². The van der Waals surface area contributed by atoms with Crippen LogP contribution in [0.15, 0.2) is 199 Å². The maximum Gasteiger partial charge on any atom is 0.0747 e. The molecule has 0 saturated heterocycles. The number of hydrogen-bond acceptors (Lipinski definition) is 2. The fourth-order valence-electron chi connectivity index (χ4n) is 10.7. The molecule has 0 amide bonds. The van der Waals surface area contributed by atoms with Crippen LogP contribution in [0.25, 0.3) is 74.9 Å². The van der Waals surface area contributed by atoms with Gasteiger partial charge in [0.2, 0.25) is 0 Å². The van der Waals surface area contributed by atoms with Crippen LogP contribution in [-0.2, 0) is 6.42 Å². The number of aryl methyl sites for hydroxylation is 1. The maximum absolute atomic E-state index is 5.95. The molecule has 2 aliphatic rings. The molecule has 296 valence electrons. The van der Waals surface area contributed by atoms with Crippen molar-refractivity contribution in [1.82, 2.24) is 0 Å². The zero-order valence-corrected chi connectivity index (χ0v) is 35.8. The topological polar surface area (TPSA) is 12.4 Å². The summed E-state index contributed by atoms with van der Waals surface area (Å²) < 4.78 is 2.68. The molecule has 2 heteroatoms. The van der Waals surface area contributed by atoms with E-state index in [1.807, 2.05) is 11.3 Å². The highest BCUT2D eigenvalue weighted by Crippen LogP contribution is 2.51. The lowest BCUT2D eigenvalue weighted by Crippen LogP contribution is -2.15. The van der Waals surface area contributed by atoms with Crippen molar-refractivity contribution in [1.29, 1.82) is 0 Å². The fraction of sp³-hybridized carbons (Fsp3) is 0.117. The van der Waals surface area contributed by atoms with Gasteiger partial charge in [0.15, 0.2) is 0 Å². The summed E-state index contributed by atoms with van der Waals surface area (Å²) >= 11 is 1.95. The summed E-state index contributed by atoms with van der Waals surface area (Å²) in [7, 11) is 0. The van der Waals surface area contributed by atoms with E-state index in [1.54, 1.807) is 0 Å². The molecule has 9 aromatic carbocycles. The number of fused-ring (bicyclic) bond motifs is 10. The molecule has 10 aromatic rings. The SMILES string of the molecule is CC1=C(c2ccc(C3CCc4cc5ccccc5cc4-c4ccc5ccccc5c43)c3sc4ccccc4c23)/N=C(/c2cccc3ccccc23)C(C)C\C=C\1c1ccccc1. The Morgan fingerprint density at radius 1 is 0.548 bits per heavy atom. The van der Waals surface area contributed by atoms with Gasteiger partial charge in [-0.3, -0.25) is 4.99 Å². The molecule has 62 heavy (non-hydrogen) atoms. The van der Waals surface area contributed by atoms with Crippen LogP contribution in [0.3, 0.4) is 0 Å². The Kier molecular flexibility index (Phi) is 8.90. The Bertz CT molecular complexity index is 3520. The van der Waals surface area contributed by atoms with Crippen LogP contribution in [0.4, 0.5) is 0 Å². The summed E-state index contributed by atoms with van der Waals surface area (Å²) in [5.41, 5.74) is 15.4. The maximum atomic E-state index is 5.95. The van der Waals surface area contributed by atoms with Crippen molar-refractivity contribution in [2.75, 3.05) is 0 Å². The average molecular weight is 812 g/mol. The number of thiophene rings is 1. The van der Waals surface area contributed by atoms with Gasteiger partial charge in [0, 0.05) is 43.1 Å². The standard InChI is InChI=1S/C60H45NS/c1-37-27-30-45(39-15-4-3-5-16-39)38(2)59(61-58(37)50-25-14-21-40-17-8-10-22-46(40)50)53-34-33-51(60-57(53)52-24-12-13-26-55(52)62-60)48-32-29-44-35-42-19-6-7-20-43(42)36-54(44)49-31-28-41-18-9-11-23-47(41)56(48)49/h3-26,28,30-31,33-37,48H,27,29,32H2,1-2H3/b45-30-,59-38-,61-58+. The van der Waals surface area contributed by atoms with E-state index in [9.17, 15) is 0 Å². The lowest BCUT2D eigenvalue weighted by molar-refractivity contribution is 0.736. The van der Waals surface area contributed by atoms with Gasteiger partial charge in [0.05, 0.1) is 11.4 Å². The molecule has 0 radical (unpaired) electrons. The van der Waals surface area contributed by atoms with Gasteiger partial charge in [-0.1, -0.05) is 183 Å². The minimum atomic E-state index is 0.193. The van der Waals surface area contributed by atoms with Crippen LogP contribution in [-0.4, -0.2) is 5.71 Å². The molecular formula is C60H45NS. The lowest BCUT2D eigenvalue weighted by Gasteiger charge is -2.25. The van der Waals surface area contributed by atoms with Crippen molar-refractivity contribution in [2.45, 2.75) is 39.0 Å². The van der Waals surface area contributed by atoms with Gasteiger partial charge < -0.3 is 0 Å². The second kappa shape index (κ2) is 14.9. The van der Waals surface area contributed by atoms with Crippen LogP contribution in [0, 0.1) is 5.92 Å². The van der Waals surface area contributed by atoms with E-state index in [4.69, 9.17) is 4.99 Å². The summed E-state index contributed by atoms with van der Waals surface area (Å²) in [6.07, 6.45) is 5.41. The third kappa shape index (κ3) is 6.00. The van der Waals surface area contributed by atoms with Crippen molar-refractivity contribution in [3.05, 3.63) is 227 Å². The van der Waals surface area contributed by atoms with Crippen LogP contribution < -0.4 is 0 Å². The smallest absolute Gasteiger partial charge is 0.0747 e. The molecule has 0 spiro atoms. The largest absolute Gasteiger partial charge is 0.252 e. The molecule has 2 unspecified atom stereocenters. The van der Waals surface area contributed by atoms with Gasteiger partial charge in [-0.15, -0.1) is 11.3 Å². The summed E-state index contributed by atoms with van der Waals surface area (Å²) in [6.45, 7) is 4.66. The molecule has 0 saturated carbocycles. The average Bonchev–Trinajstić information content (AvgIpc) is 3.64. The molecule has 1 nitrogen and oxygen atoms in total. The first-order chi connectivity index (χ1) is 30.6. The zero-order chi connectivity index (χ0) is 41.3. The first-order valence-corrected chi connectivity index (χ1v) is 22.9. The Morgan fingerprint density at radius 2 is 1.21 bits per heavy atom. The van der Waals surface area contributed by atoms with Crippen LogP contribution in [0.2, 0.25) is 0 Å². The van der Waals surface area contributed by atoms with Crippen LogP contribution in [0.5, 0.6) is 0 Å². The summed E-state index contributed by atoms with van der Waals surface area (Å²) in [5.74, 6) is 0.392. The van der Waals surface area contributed by atoms with E-state index in [2.05, 4.69) is 202 Å². The number of hydrogen-bond donors (Lipinski definition) is 0. The number of aliphatic imine (C=N–C) groups is 1. The molecule has 1 aromatic heterocycles. The Balaban J connectivity index is 1.14. The Labute approximate surface area is 367 Å². The van der Waals surface area contributed by atoms with Crippen molar-refractivity contribution < 1.29 is 0 Å². The molecule has 1 aliphatic heterocycles. The third-order valence-corrected chi connectivity index (χ3v) is 15.0. The second-order valence-electron chi connectivity index (χ2n) is 17.3. The van der Waals surface area contributed by atoms with Gasteiger partial charge in [-0.25, -0.2) is 0 Å². The Morgan fingerprint density at radius 3 is 2.03 bits per heavy atom. The van der Waals surface area contributed by atoms with Gasteiger partial charge in [-0.2, -0.15) is 0 Å². The van der Waals surface area contributed by atoms with E-state index < -0.39 is 0 Å². The predicted molar refractivity (Wildman–Crippen MR) is 268 cm³/mol. The normalized spacial score (nSPS) is 19.6. The zero-order valence-electron chi connectivity index (χ0n) is 35.0. The molecule has 0 bridgehead atoms. The summed E-state index contributed by atoms with van der Waals surface area (Å²) in [4.78, 5) is 5.95. The molecular weight excluding hydrogens is 767 g/mol.